The van der Waals surface area contributed by atoms with Gasteiger partial charge in [0, 0.05) is 18.7 Å². The lowest BCUT2D eigenvalue weighted by atomic mass is 10.2. The van der Waals surface area contributed by atoms with Crippen molar-refractivity contribution in [1.29, 1.82) is 0 Å². The summed E-state index contributed by atoms with van der Waals surface area (Å²) in [7, 11) is -3.77. The summed E-state index contributed by atoms with van der Waals surface area (Å²) >= 11 is 0. The Balaban J connectivity index is 1.95. The van der Waals surface area contributed by atoms with Gasteiger partial charge in [-0.05, 0) is 25.8 Å². The summed E-state index contributed by atoms with van der Waals surface area (Å²) in [4.78, 5) is 12.0. The fraction of sp³-hybridized carbons (Fsp3) is 0.533. The van der Waals surface area contributed by atoms with Crippen LogP contribution >= 0.6 is 0 Å². The fourth-order valence-electron chi connectivity index (χ4n) is 2.28. The first-order valence-corrected chi connectivity index (χ1v) is 8.96. The molecule has 1 fully saturated rings. The van der Waals surface area contributed by atoms with Crippen molar-refractivity contribution in [3.05, 3.63) is 35.6 Å². The number of benzene rings is 1. The number of nitrogens with one attached hydrogen (secondary N) is 1. The molecule has 1 N–H and O–H groups in total. The Labute approximate surface area is 129 Å². The van der Waals surface area contributed by atoms with E-state index in [1.807, 2.05) is 0 Å². The Kier molecular flexibility index (Phi) is 5.52. The number of rotatable bonds is 6. The SMILES string of the molecule is C[C@@H](C(=O)NC[C@@H]1CCCO1)S(=O)(=O)Cc1ccccc1F. The quantitative estimate of drug-likeness (QED) is 0.857. The Morgan fingerprint density at radius 2 is 2.18 bits per heavy atom. The Bertz CT molecular complexity index is 626. The van der Waals surface area contributed by atoms with Gasteiger partial charge in [-0.3, -0.25) is 4.79 Å². The monoisotopic (exact) mass is 329 g/mol. The zero-order valence-corrected chi connectivity index (χ0v) is 13.2. The average molecular weight is 329 g/mol. The first-order valence-electron chi connectivity index (χ1n) is 7.24. The number of ether oxygens (including phenoxy) is 1. The second-order valence-corrected chi connectivity index (χ2v) is 7.74. The molecule has 1 aromatic rings. The van der Waals surface area contributed by atoms with Crippen molar-refractivity contribution in [3.63, 3.8) is 0 Å². The number of sulfone groups is 1. The molecule has 0 bridgehead atoms. The van der Waals surface area contributed by atoms with Crippen LogP contribution in [-0.2, 0) is 25.1 Å². The van der Waals surface area contributed by atoms with Crippen molar-refractivity contribution in [2.24, 2.45) is 0 Å². The largest absolute Gasteiger partial charge is 0.376 e. The molecule has 0 saturated carbocycles. The van der Waals surface area contributed by atoms with Crippen molar-refractivity contribution in [2.45, 2.75) is 36.9 Å². The maximum atomic E-state index is 13.6. The molecule has 5 nitrogen and oxygen atoms in total. The van der Waals surface area contributed by atoms with Crippen LogP contribution in [0.2, 0.25) is 0 Å². The van der Waals surface area contributed by atoms with Crippen molar-refractivity contribution in [3.8, 4) is 0 Å². The maximum absolute atomic E-state index is 13.6. The molecular formula is C15H20FNO4S. The highest BCUT2D eigenvalue weighted by Crippen LogP contribution is 2.15. The van der Waals surface area contributed by atoms with Crippen molar-refractivity contribution in [2.75, 3.05) is 13.2 Å². The van der Waals surface area contributed by atoms with Gasteiger partial charge in [-0.15, -0.1) is 0 Å². The van der Waals surface area contributed by atoms with E-state index in [4.69, 9.17) is 4.74 Å². The molecule has 2 rings (SSSR count). The van der Waals surface area contributed by atoms with Crippen molar-refractivity contribution < 1.29 is 22.3 Å². The summed E-state index contributed by atoms with van der Waals surface area (Å²) in [5.74, 6) is -1.65. The average Bonchev–Trinajstić information content (AvgIpc) is 2.99. The van der Waals surface area contributed by atoms with Gasteiger partial charge < -0.3 is 10.1 Å². The minimum atomic E-state index is -3.77. The number of carbonyl (C=O) groups excluding carboxylic acids is 1. The summed E-state index contributed by atoms with van der Waals surface area (Å²) in [5, 5.41) is 1.37. The molecule has 0 radical (unpaired) electrons. The highest BCUT2D eigenvalue weighted by molar-refractivity contribution is 7.92. The molecule has 0 aliphatic carbocycles. The minimum Gasteiger partial charge on any atom is -0.376 e. The maximum Gasteiger partial charge on any atom is 0.238 e. The standard InChI is InChI=1S/C15H20FNO4S/c1-11(15(18)17-9-13-6-4-8-21-13)22(19,20)10-12-5-2-3-7-14(12)16/h2-3,5,7,11,13H,4,6,8-10H2,1H3,(H,17,18)/t11-,13-/m0/s1. The smallest absolute Gasteiger partial charge is 0.238 e. The normalized spacial score (nSPS) is 19.8. The predicted molar refractivity (Wildman–Crippen MR) is 80.5 cm³/mol. The zero-order valence-electron chi connectivity index (χ0n) is 12.4. The van der Waals surface area contributed by atoms with Crippen molar-refractivity contribution >= 4 is 15.7 Å². The minimum absolute atomic E-state index is 0.0505. The molecule has 1 aliphatic heterocycles. The zero-order chi connectivity index (χ0) is 16.2. The first-order chi connectivity index (χ1) is 10.4. The molecular weight excluding hydrogens is 309 g/mol. The molecule has 7 heteroatoms. The molecule has 1 aliphatic rings. The van der Waals surface area contributed by atoms with Gasteiger partial charge >= 0.3 is 0 Å². The Morgan fingerprint density at radius 3 is 2.82 bits per heavy atom. The van der Waals surface area contributed by atoms with E-state index < -0.39 is 32.6 Å². The number of halogens is 1. The van der Waals surface area contributed by atoms with Crippen LogP contribution < -0.4 is 5.32 Å². The van der Waals surface area contributed by atoms with Crippen LogP contribution in [-0.4, -0.2) is 38.8 Å². The lowest BCUT2D eigenvalue weighted by molar-refractivity contribution is -0.120. The van der Waals surface area contributed by atoms with E-state index in [0.29, 0.717) is 13.2 Å². The predicted octanol–water partition coefficient (Wildman–Crippen LogP) is 1.42. The summed E-state index contributed by atoms with van der Waals surface area (Å²) in [6, 6.07) is 5.66. The molecule has 1 heterocycles. The van der Waals surface area contributed by atoms with Crippen LogP contribution in [0.15, 0.2) is 24.3 Å². The summed E-state index contributed by atoms with van der Waals surface area (Å²) in [5.41, 5.74) is 0.0706. The molecule has 2 atom stereocenters. The third-order valence-electron chi connectivity index (χ3n) is 3.75. The van der Waals surface area contributed by atoms with Gasteiger partial charge in [0.25, 0.3) is 0 Å². The second kappa shape index (κ2) is 7.19. The molecule has 22 heavy (non-hydrogen) atoms. The van der Waals surface area contributed by atoms with Gasteiger partial charge in [0.05, 0.1) is 11.9 Å². The summed E-state index contributed by atoms with van der Waals surface area (Å²) < 4.78 is 43.4. The van der Waals surface area contributed by atoms with Gasteiger partial charge in [0.1, 0.15) is 11.1 Å². The molecule has 1 amide bonds. The van der Waals surface area contributed by atoms with Gasteiger partial charge in [-0.1, -0.05) is 18.2 Å². The molecule has 0 aromatic heterocycles. The Hall–Kier alpha value is -1.47. The van der Waals surface area contributed by atoms with E-state index in [9.17, 15) is 17.6 Å². The number of amides is 1. The number of hydrogen-bond donors (Lipinski definition) is 1. The topological polar surface area (TPSA) is 72.5 Å². The van der Waals surface area contributed by atoms with Crippen LogP contribution in [0, 0.1) is 5.82 Å². The lowest BCUT2D eigenvalue weighted by Crippen LogP contribution is -2.41. The molecule has 0 unspecified atom stereocenters. The van der Waals surface area contributed by atoms with E-state index >= 15 is 0 Å². The third kappa shape index (κ3) is 4.27. The lowest BCUT2D eigenvalue weighted by Gasteiger charge is -2.15. The Morgan fingerprint density at radius 1 is 1.45 bits per heavy atom. The molecule has 122 valence electrons. The number of carbonyl (C=O) groups is 1. The van der Waals surface area contributed by atoms with E-state index in [2.05, 4.69) is 5.32 Å². The van der Waals surface area contributed by atoms with Gasteiger partial charge in [-0.2, -0.15) is 0 Å². The first kappa shape index (κ1) is 16.9. The van der Waals surface area contributed by atoms with Gasteiger partial charge in [0.15, 0.2) is 9.84 Å². The molecule has 1 saturated heterocycles. The highest BCUT2D eigenvalue weighted by Gasteiger charge is 2.29. The molecule has 1 aromatic carbocycles. The van der Waals surface area contributed by atoms with E-state index in [1.54, 1.807) is 6.07 Å². The van der Waals surface area contributed by atoms with E-state index in [-0.39, 0.29) is 11.7 Å². The van der Waals surface area contributed by atoms with Gasteiger partial charge in [0.2, 0.25) is 5.91 Å². The van der Waals surface area contributed by atoms with Crippen LogP contribution in [0.25, 0.3) is 0 Å². The van der Waals surface area contributed by atoms with Crippen LogP contribution in [0.3, 0.4) is 0 Å². The third-order valence-corrected chi connectivity index (χ3v) is 5.76. The number of hydrogen-bond acceptors (Lipinski definition) is 4. The highest BCUT2D eigenvalue weighted by atomic mass is 32.2. The molecule has 0 spiro atoms. The van der Waals surface area contributed by atoms with Crippen molar-refractivity contribution in [1.82, 2.24) is 5.32 Å². The van der Waals surface area contributed by atoms with E-state index in [1.165, 1.54) is 25.1 Å². The van der Waals surface area contributed by atoms with Crippen LogP contribution in [0.4, 0.5) is 4.39 Å². The fourth-order valence-corrected chi connectivity index (χ4v) is 3.61. The van der Waals surface area contributed by atoms with Gasteiger partial charge in [-0.25, -0.2) is 12.8 Å². The summed E-state index contributed by atoms with van der Waals surface area (Å²) in [6.45, 7) is 2.29. The second-order valence-electron chi connectivity index (χ2n) is 5.42. The van der Waals surface area contributed by atoms with Crippen LogP contribution in [0.1, 0.15) is 25.3 Å². The summed E-state index contributed by atoms with van der Waals surface area (Å²) in [6.07, 6.45) is 1.75. The van der Waals surface area contributed by atoms with E-state index in [0.717, 1.165) is 12.8 Å². The van der Waals surface area contributed by atoms with Crippen LogP contribution in [0.5, 0.6) is 0 Å².